The van der Waals surface area contributed by atoms with Gasteiger partial charge >= 0.3 is 5.97 Å². The zero-order valence-electron chi connectivity index (χ0n) is 7.67. The topological polar surface area (TPSA) is 59.7 Å². The van der Waals surface area contributed by atoms with E-state index in [-0.39, 0.29) is 11.5 Å². The second-order valence-electron chi connectivity index (χ2n) is 2.79. The molecule has 0 aromatic carbocycles. The molecule has 0 unspecified atom stereocenters. The van der Waals surface area contributed by atoms with E-state index in [1.54, 1.807) is 29.8 Å². The van der Waals surface area contributed by atoms with E-state index in [0.717, 1.165) is 11.3 Å². The molecule has 0 bridgehead atoms. The third-order valence-corrected chi connectivity index (χ3v) is 2.66. The Labute approximate surface area is 89.7 Å². The highest BCUT2D eigenvalue weighted by atomic mass is 32.1. The molecule has 0 radical (unpaired) electrons. The lowest BCUT2D eigenvalue weighted by atomic mass is 10.4. The van der Waals surface area contributed by atoms with Gasteiger partial charge in [-0.25, -0.2) is 4.79 Å². The van der Waals surface area contributed by atoms with Crippen LogP contribution in [0.4, 0.5) is 0 Å². The molecule has 15 heavy (non-hydrogen) atoms. The maximum absolute atomic E-state index is 10.8. The molecule has 0 aliphatic rings. The molecular formula is C10H8O4S. The number of carboxylic acids is 1. The van der Waals surface area contributed by atoms with Crippen molar-refractivity contribution in [1.82, 2.24) is 0 Å². The quantitative estimate of drug-likeness (QED) is 0.867. The second-order valence-corrected chi connectivity index (χ2v) is 3.70. The first kappa shape index (κ1) is 9.79. The van der Waals surface area contributed by atoms with Crippen molar-refractivity contribution >= 4 is 17.3 Å². The highest BCUT2D eigenvalue weighted by molar-refractivity contribution is 7.12. The zero-order valence-corrected chi connectivity index (χ0v) is 8.49. The number of ether oxygens (including phenoxy) is 1. The van der Waals surface area contributed by atoms with Gasteiger partial charge in [-0.1, -0.05) is 0 Å². The molecule has 5 heteroatoms. The molecule has 0 aliphatic carbocycles. The fourth-order valence-corrected chi connectivity index (χ4v) is 1.78. The fourth-order valence-electron chi connectivity index (χ4n) is 1.11. The molecule has 0 fully saturated rings. The summed E-state index contributed by atoms with van der Waals surface area (Å²) in [4.78, 5) is 11.0. The molecule has 2 rings (SSSR count). The van der Waals surface area contributed by atoms with Crippen molar-refractivity contribution in [3.8, 4) is 5.75 Å². The van der Waals surface area contributed by atoms with Crippen LogP contribution in [0.25, 0.3) is 0 Å². The third kappa shape index (κ3) is 2.19. The van der Waals surface area contributed by atoms with Gasteiger partial charge < -0.3 is 14.3 Å². The first-order valence-corrected chi connectivity index (χ1v) is 5.11. The van der Waals surface area contributed by atoms with Gasteiger partial charge in [0.25, 0.3) is 0 Å². The van der Waals surface area contributed by atoms with E-state index >= 15 is 0 Å². The van der Waals surface area contributed by atoms with Crippen LogP contribution in [0.2, 0.25) is 0 Å². The fraction of sp³-hybridized carbons (Fsp3) is 0.100. The van der Waals surface area contributed by atoms with Crippen LogP contribution in [0.5, 0.6) is 5.75 Å². The predicted molar refractivity (Wildman–Crippen MR) is 54.3 cm³/mol. The summed E-state index contributed by atoms with van der Waals surface area (Å²) >= 11 is 1.14. The van der Waals surface area contributed by atoms with Gasteiger partial charge in [-0.05, 0) is 23.6 Å². The van der Waals surface area contributed by atoms with Crippen molar-refractivity contribution in [3.63, 3.8) is 0 Å². The summed E-state index contributed by atoms with van der Waals surface area (Å²) < 4.78 is 10.4. The van der Waals surface area contributed by atoms with E-state index in [1.165, 1.54) is 0 Å². The highest BCUT2D eigenvalue weighted by Crippen LogP contribution is 2.25. The largest absolute Gasteiger partial charge is 0.484 e. The Hall–Kier alpha value is -1.75. The Bertz CT molecular complexity index is 444. The van der Waals surface area contributed by atoms with Gasteiger partial charge in [0.2, 0.25) is 0 Å². The molecule has 0 atom stereocenters. The average molecular weight is 224 g/mol. The number of hydrogen-bond acceptors (Lipinski definition) is 4. The van der Waals surface area contributed by atoms with E-state index in [0.29, 0.717) is 11.5 Å². The Morgan fingerprint density at radius 2 is 2.40 bits per heavy atom. The first-order chi connectivity index (χ1) is 7.27. The van der Waals surface area contributed by atoms with E-state index in [9.17, 15) is 4.79 Å². The first-order valence-electron chi connectivity index (χ1n) is 4.23. The lowest BCUT2D eigenvalue weighted by Gasteiger charge is -2.02. The molecule has 4 nitrogen and oxygen atoms in total. The Balaban J connectivity index is 2.05. The summed E-state index contributed by atoms with van der Waals surface area (Å²) in [6.45, 7) is 0.240. The molecule has 0 saturated heterocycles. The molecule has 0 saturated carbocycles. The van der Waals surface area contributed by atoms with Crippen LogP contribution in [0, 0.1) is 0 Å². The maximum Gasteiger partial charge on any atom is 0.349 e. The highest BCUT2D eigenvalue weighted by Gasteiger charge is 2.12. The number of hydrogen-bond donors (Lipinski definition) is 1. The van der Waals surface area contributed by atoms with Crippen LogP contribution in [-0.2, 0) is 6.61 Å². The van der Waals surface area contributed by atoms with Crippen LogP contribution in [0.3, 0.4) is 0 Å². The zero-order chi connectivity index (χ0) is 10.7. The number of carboxylic acid groups (broad SMARTS) is 1. The summed E-state index contributed by atoms with van der Waals surface area (Å²) in [7, 11) is 0. The van der Waals surface area contributed by atoms with E-state index < -0.39 is 5.97 Å². The van der Waals surface area contributed by atoms with Crippen molar-refractivity contribution in [2.75, 3.05) is 0 Å². The van der Waals surface area contributed by atoms with Crippen LogP contribution < -0.4 is 4.74 Å². The standard InChI is InChI=1S/C10H8O4S/c11-10(12)9-8(3-5-15-9)14-6-7-2-1-4-13-7/h1-5H,6H2,(H,11,12). The normalized spacial score (nSPS) is 10.1. The van der Waals surface area contributed by atoms with Crippen molar-refractivity contribution in [3.05, 3.63) is 40.5 Å². The monoisotopic (exact) mass is 224 g/mol. The molecule has 0 aliphatic heterocycles. The summed E-state index contributed by atoms with van der Waals surface area (Å²) in [5, 5.41) is 10.5. The molecule has 0 amide bonds. The summed E-state index contributed by atoms with van der Waals surface area (Å²) in [6, 6.07) is 5.16. The minimum Gasteiger partial charge on any atom is -0.484 e. The minimum absolute atomic E-state index is 0.210. The molecule has 78 valence electrons. The molecule has 1 N–H and O–H groups in total. The average Bonchev–Trinajstić information content (AvgIpc) is 2.86. The van der Waals surface area contributed by atoms with Crippen molar-refractivity contribution in [2.24, 2.45) is 0 Å². The SMILES string of the molecule is O=C(O)c1sccc1OCc1ccco1. The van der Waals surface area contributed by atoms with Crippen molar-refractivity contribution < 1.29 is 19.1 Å². The summed E-state index contributed by atoms with van der Waals surface area (Å²) in [6.07, 6.45) is 1.55. The van der Waals surface area contributed by atoms with E-state index in [2.05, 4.69) is 0 Å². The Morgan fingerprint density at radius 3 is 3.07 bits per heavy atom. The molecular weight excluding hydrogens is 216 g/mol. The molecule has 0 spiro atoms. The van der Waals surface area contributed by atoms with E-state index in [1.807, 2.05) is 0 Å². The number of thiophene rings is 1. The van der Waals surface area contributed by atoms with E-state index in [4.69, 9.17) is 14.3 Å². The number of aromatic carboxylic acids is 1. The van der Waals surface area contributed by atoms with Gasteiger partial charge in [-0.2, -0.15) is 0 Å². The number of furan rings is 1. The lowest BCUT2D eigenvalue weighted by molar-refractivity contribution is 0.0697. The van der Waals surface area contributed by atoms with Crippen LogP contribution in [0.15, 0.2) is 34.3 Å². The minimum atomic E-state index is -0.973. The third-order valence-electron chi connectivity index (χ3n) is 1.77. The number of carbonyl (C=O) groups is 1. The smallest absolute Gasteiger partial charge is 0.349 e. The van der Waals surface area contributed by atoms with Gasteiger partial charge in [-0.3, -0.25) is 0 Å². The molecule has 2 aromatic rings. The summed E-state index contributed by atoms with van der Waals surface area (Å²) in [5.41, 5.74) is 0. The predicted octanol–water partition coefficient (Wildman–Crippen LogP) is 2.62. The van der Waals surface area contributed by atoms with Crippen LogP contribution in [-0.4, -0.2) is 11.1 Å². The van der Waals surface area contributed by atoms with Crippen LogP contribution in [0.1, 0.15) is 15.4 Å². The van der Waals surface area contributed by atoms with Gasteiger partial charge in [0.1, 0.15) is 18.1 Å². The molecule has 2 aromatic heterocycles. The Morgan fingerprint density at radius 1 is 1.53 bits per heavy atom. The maximum atomic E-state index is 10.8. The van der Waals surface area contributed by atoms with Crippen molar-refractivity contribution in [1.29, 1.82) is 0 Å². The Kier molecular flexibility index (Phi) is 2.73. The van der Waals surface area contributed by atoms with Gasteiger partial charge in [0.15, 0.2) is 4.88 Å². The van der Waals surface area contributed by atoms with Gasteiger partial charge in [0.05, 0.1) is 6.26 Å². The summed E-state index contributed by atoms with van der Waals surface area (Å²) in [5.74, 6) is 0.0703. The number of rotatable bonds is 4. The second kappa shape index (κ2) is 4.18. The van der Waals surface area contributed by atoms with Crippen molar-refractivity contribution in [2.45, 2.75) is 6.61 Å². The van der Waals surface area contributed by atoms with Crippen LogP contribution >= 0.6 is 11.3 Å². The van der Waals surface area contributed by atoms with Gasteiger partial charge in [-0.15, -0.1) is 11.3 Å². The lowest BCUT2D eigenvalue weighted by Crippen LogP contribution is -1.99. The van der Waals surface area contributed by atoms with Gasteiger partial charge in [0, 0.05) is 0 Å². The molecule has 2 heterocycles.